The number of nitrogens with one attached hydrogen (secondary N) is 1. The Balaban J connectivity index is 1.44. The summed E-state index contributed by atoms with van der Waals surface area (Å²) in [4.78, 5) is 41.2. The quantitative estimate of drug-likeness (QED) is 0.798. The molecule has 2 aliphatic heterocycles. The maximum atomic E-state index is 12.9. The van der Waals surface area contributed by atoms with Crippen molar-refractivity contribution in [1.29, 1.82) is 0 Å². The SMILES string of the molecule is COc1ccc(CC(=O)NC2CCN(C(=O)C3CC(=O)N(C(C)(C)C)C3)CC2)cc1. The van der Waals surface area contributed by atoms with Gasteiger partial charge in [-0.05, 0) is 51.3 Å². The first-order valence-electron chi connectivity index (χ1n) is 10.7. The van der Waals surface area contributed by atoms with Crippen molar-refractivity contribution in [3.63, 3.8) is 0 Å². The number of methoxy groups -OCH3 is 1. The lowest BCUT2D eigenvalue weighted by Gasteiger charge is -2.35. The van der Waals surface area contributed by atoms with Gasteiger partial charge in [0.15, 0.2) is 0 Å². The highest BCUT2D eigenvalue weighted by atomic mass is 16.5. The van der Waals surface area contributed by atoms with Gasteiger partial charge in [-0.3, -0.25) is 14.4 Å². The van der Waals surface area contributed by atoms with E-state index < -0.39 is 0 Å². The minimum absolute atomic E-state index is 0.00727. The van der Waals surface area contributed by atoms with Gasteiger partial charge in [-0.15, -0.1) is 0 Å². The van der Waals surface area contributed by atoms with Gasteiger partial charge in [0.1, 0.15) is 5.75 Å². The monoisotopic (exact) mass is 415 g/mol. The molecule has 0 saturated carbocycles. The predicted molar refractivity (Wildman–Crippen MR) is 114 cm³/mol. The van der Waals surface area contributed by atoms with E-state index in [1.807, 2.05) is 54.8 Å². The molecule has 0 bridgehead atoms. The highest BCUT2D eigenvalue weighted by molar-refractivity contribution is 5.89. The maximum absolute atomic E-state index is 12.9. The summed E-state index contributed by atoms with van der Waals surface area (Å²) in [6, 6.07) is 7.56. The second-order valence-electron chi connectivity index (χ2n) is 9.27. The molecule has 0 spiro atoms. The number of likely N-dealkylation sites (tertiary alicyclic amines) is 2. The Morgan fingerprint density at radius 2 is 1.77 bits per heavy atom. The number of benzene rings is 1. The fraction of sp³-hybridized carbons (Fsp3) is 0.609. The second kappa shape index (κ2) is 9.06. The molecule has 1 unspecified atom stereocenters. The molecule has 7 heteroatoms. The van der Waals surface area contributed by atoms with E-state index in [1.54, 1.807) is 7.11 Å². The first-order valence-corrected chi connectivity index (χ1v) is 10.7. The zero-order chi connectivity index (χ0) is 21.9. The summed E-state index contributed by atoms with van der Waals surface area (Å²) in [7, 11) is 1.62. The van der Waals surface area contributed by atoms with E-state index in [0.717, 1.165) is 24.2 Å². The summed E-state index contributed by atoms with van der Waals surface area (Å²) >= 11 is 0. The third-order valence-electron chi connectivity index (χ3n) is 5.98. The van der Waals surface area contributed by atoms with E-state index in [2.05, 4.69) is 5.32 Å². The number of piperidine rings is 1. The van der Waals surface area contributed by atoms with E-state index in [4.69, 9.17) is 4.74 Å². The number of carbonyl (C=O) groups is 3. The van der Waals surface area contributed by atoms with Crippen LogP contribution in [0.5, 0.6) is 5.75 Å². The number of hydrogen-bond donors (Lipinski definition) is 1. The van der Waals surface area contributed by atoms with E-state index in [0.29, 0.717) is 32.5 Å². The van der Waals surface area contributed by atoms with Crippen molar-refractivity contribution in [2.75, 3.05) is 26.7 Å². The molecule has 0 radical (unpaired) electrons. The third-order valence-corrected chi connectivity index (χ3v) is 5.98. The van der Waals surface area contributed by atoms with Crippen LogP contribution in [0.1, 0.15) is 45.6 Å². The Morgan fingerprint density at radius 3 is 2.30 bits per heavy atom. The Bertz CT molecular complexity index is 777. The van der Waals surface area contributed by atoms with Crippen molar-refractivity contribution in [3.05, 3.63) is 29.8 Å². The van der Waals surface area contributed by atoms with Gasteiger partial charge in [0.2, 0.25) is 17.7 Å². The lowest BCUT2D eigenvalue weighted by Crippen LogP contribution is -2.49. The lowest BCUT2D eigenvalue weighted by molar-refractivity contribution is -0.137. The Kier molecular flexibility index (Phi) is 6.68. The zero-order valence-corrected chi connectivity index (χ0v) is 18.4. The summed E-state index contributed by atoms with van der Waals surface area (Å²) in [5.41, 5.74) is 0.683. The molecule has 2 saturated heterocycles. The molecule has 2 heterocycles. The second-order valence-corrected chi connectivity index (χ2v) is 9.27. The normalized spacial score (nSPS) is 20.4. The molecule has 1 aromatic rings. The summed E-state index contributed by atoms with van der Waals surface area (Å²) in [6.45, 7) is 7.73. The summed E-state index contributed by atoms with van der Waals surface area (Å²) in [5, 5.41) is 3.09. The first-order chi connectivity index (χ1) is 14.2. The summed E-state index contributed by atoms with van der Waals surface area (Å²) in [5.74, 6) is 0.635. The van der Waals surface area contributed by atoms with Crippen molar-refractivity contribution in [2.24, 2.45) is 5.92 Å². The number of ether oxygens (including phenoxy) is 1. The fourth-order valence-corrected chi connectivity index (χ4v) is 4.23. The van der Waals surface area contributed by atoms with Crippen LogP contribution >= 0.6 is 0 Å². The summed E-state index contributed by atoms with van der Waals surface area (Å²) in [6.07, 6.45) is 2.11. The highest BCUT2D eigenvalue weighted by Gasteiger charge is 2.41. The third kappa shape index (κ3) is 5.32. The molecule has 0 aliphatic carbocycles. The van der Waals surface area contributed by atoms with Crippen LogP contribution in [0, 0.1) is 5.92 Å². The largest absolute Gasteiger partial charge is 0.497 e. The van der Waals surface area contributed by atoms with Crippen molar-refractivity contribution in [3.8, 4) is 5.75 Å². The smallest absolute Gasteiger partial charge is 0.227 e. The van der Waals surface area contributed by atoms with Crippen molar-refractivity contribution >= 4 is 17.7 Å². The molecule has 1 aromatic carbocycles. The van der Waals surface area contributed by atoms with Crippen LogP contribution in [-0.2, 0) is 20.8 Å². The van der Waals surface area contributed by atoms with Crippen LogP contribution in [0.4, 0.5) is 0 Å². The molecule has 2 aliphatic rings. The Labute approximate surface area is 178 Å². The van der Waals surface area contributed by atoms with Crippen LogP contribution < -0.4 is 10.1 Å². The van der Waals surface area contributed by atoms with Gasteiger partial charge >= 0.3 is 0 Å². The summed E-state index contributed by atoms with van der Waals surface area (Å²) < 4.78 is 5.14. The van der Waals surface area contributed by atoms with Gasteiger partial charge in [0, 0.05) is 37.6 Å². The first kappa shape index (κ1) is 22.1. The average Bonchev–Trinajstić information content (AvgIpc) is 3.11. The number of nitrogens with zero attached hydrogens (tertiary/aromatic N) is 2. The van der Waals surface area contributed by atoms with Crippen molar-refractivity contribution in [1.82, 2.24) is 15.1 Å². The molecular weight excluding hydrogens is 382 g/mol. The molecule has 0 aromatic heterocycles. The standard InChI is InChI=1S/C23H33N3O4/c1-23(2,3)26-15-17(14-21(26)28)22(29)25-11-9-18(10-12-25)24-20(27)13-16-5-7-19(30-4)8-6-16/h5-8,17-18H,9-15H2,1-4H3,(H,24,27). The molecule has 3 amide bonds. The molecular formula is C23H33N3O4. The van der Waals surface area contributed by atoms with E-state index >= 15 is 0 Å². The number of hydrogen-bond acceptors (Lipinski definition) is 4. The highest BCUT2D eigenvalue weighted by Crippen LogP contribution is 2.28. The van der Waals surface area contributed by atoms with Gasteiger partial charge in [-0.2, -0.15) is 0 Å². The van der Waals surface area contributed by atoms with Crippen molar-refractivity contribution < 1.29 is 19.1 Å². The van der Waals surface area contributed by atoms with Gasteiger partial charge in [-0.1, -0.05) is 12.1 Å². The van der Waals surface area contributed by atoms with E-state index in [9.17, 15) is 14.4 Å². The molecule has 2 fully saturated rings. The van der Waals surface area contributed by atoms with Crippen LogP contribution in [0.3, 0.4) is 0 Å². The average molecular weight is 416 g/mol. The minimum atomic E-state index is -0.257. The minimum Gasteiger partial charge on any atom is -0.497 e. The molecule has 3 rings (SSSR count). The van der Waals surface area contributed by atoms with Crippen LogP contribution in [-0.4, -0.2) is 65.8 Å². The number of carbonyl (C=O) groups excluding carboxylic acids is 3. The van der Waals surface area contributed by atoms with Gasteiger partial charge in [-0.25, -0.2) is 0 Å². The van der Waals surface area contributed by atoms with E-state index in [-0.39, 0.29) is 35.2 Å². The van der Waals surface area contributed by atoms with Gasteiger partial charge in [0.25, 0.3) is 0 Å². The molecule has 164 valence electrons. The molecule has 7 nitrogen and oxygen atoms in total. The van der Waals surface area contributed by atoms with Gasteiger partial charge < -0.3 is 19.9 Å². The fourth-order valence-electron chi connectivity index (χ4n) is 4.23. The Morgan fingerprint density at radius 1 is 1.13 bits per heavy atom. The van der Waals surface area contributed by atoms with E-state index in [1.165, 1.54) is 0 Å². The van der Waals surface area contributed by atoms with Crippen LogP contribution in [0.15, 0.2) is 24.3 Å². The number of rotatable bonds is 5. The van der Waals surface area contributed by atoms with Crippen molar-refractivity contribution in [2.45, 2.75) is 58.0 Å². The zero-order valence-electron chi connectivity index (χ0n) is 18.4. The number of amides is 3. The van der Waals surface area contributed by atoms with Gasteiger partial charge in [0.05, 0.1) is 19.4 Å². The lowest BCUT2D eigenvalue weighted by atomic mass is 10.0. The Hall–Kier alpha value is -2.57. The molecule has 1 atom stereocenters. The topological polar surface area (TPSA) is 79.0 Å². The molecule has 1 N–H and O–H groups in total. The molecule has 30 heavy (non-hydrogen) atoms. The van der Waals surface area contributed by atoms with Crippen LogP contribution in [0.2, 0.25) is 0 Å². The predicted octanol–water partition coefficient (Wildman–Crippen LogP) is 1.99. The maximum Gasteiger partial charge on any atom is 0.227 e. The van der Waals surface area contributed by atoms with Crippen LogP contribution in [0.25, 0.3) is 0 Å².